The highest BCUT2D eigenvalue weighted by Crippen LogP contribution is 2.20. The molecule has 0 fully saturated rings. The van der Waals surface area contributed by atoms with Gasteiger partial charge in [-0.25, -0.2) is 0 Å². The SMILES string of the molecule is COCCCNC(=S)N(C)NC(=O)c1cc(Br)ccc1Cl. The third-order valence-corrected chi connectivity index (χ3v) is 3.79. The summed E-state index contributed by atoms with van der Waals surface area (Å²) in [5.74, 6) is -0.329. The number of benzene rings is 1. The molecule has 1 rings (SSSR count). The van der Waals surface area contributed by atoms with Crippen LogP contribution in [0, 0.1) is 0 Å². The largest absolute Gasteiger partial charge is 0.385 e. The molecule has 1 amide bonds. The summed E-state index contributed by atoms with van der Waals surface area (Å²) in [6, 6.07) is 5.08. The van der Waals surface area contributed by atoms with Crippen molar-refractivity contribution < 1.29 is 9.53 Å². The quantitative estimate of drug-likeness (QED) is 0.457. The summed E-state index contributed by atoms with van der Waals surface area (Å²) in [7, 11) is 3.31. The highest BCUT2D eigenvalue weighted by Gasteiger charge is 2.14. The van der Waals surface area contributed by atoms with Crippen molar-refractivity contribution in [3.63, 3.8) is 0 Å². The Morgan fingerprint density at radius 3 is 2.90 bits per heavy atom. The van der Waals surface area contributed by atoms with Crippen molar-refractivity contribution in [2.75, 3.05) is 27.3 Å². The molecule has 21 heavy (non-hydrogen) atoms. The maximum Gasteiger partial charge on any atom is 0.271 e. The van der Waals surface area contributed by atoms with Gasteiger partial charge in [0, 0.05) is 31.8 Å². The molecule has 0 aliphatic heterocycles. The van der Waals surface area contributed by atoms with E-state index in [0.29, 0.717) is 28.9 Å². The standard InChI is InChI=1S/C13H17BrClN3O2S/c1-18(13(21)16-6-3-7-20-2)17-12(19)10-8-9(14)4-5-11(10)15/h4-5,8H,3,6-7H2,1-2H3,(H,16,21)(H,17,19). The Morgan fingerprint density at radius 2 is 2.24 bits per heavy atom. The van der Waals surface area contributed by atoms with Crippen LogP contribution < -0.4 is 10.7 Å². The molecule has 0 atom stereocenters. The molecule has 0 aromatic heterocycles. The van der Waals surface area contributed by atoms with Gasteiger partial charge in [0.15, 0.2) is 5.11 Å². The summed E-state index contributed by atoms with van der Waals surface area (Å²) < 4.78 is 5.72. The second-order valence-electron chi connectivity index (χ2n) is 4.20. The molecule has 0 bridgehead atoms. The van der Waals surface area contributed by atoms with Crippen LogP contribution in [-0.2, 0) is 4.74 Å². The van der Waals surface area contributed by atoms with Gasteiger partial charge in [0.25, 0.3) is 5.91 Å². The van der Waals surface area contributed by atoms with E-state index in [1.165, 1.54) is 5.01 Å². The number of rotatable bonds is 5. The van der Waals surface area contributed by atoms with E-state index in [2.05, 4.69) is 26.7 Å². The fourth-order valence-corrected chi connectivity index (χ4v) is 2.18. The Kier molecular flexibility index (Phi) is 7.95. The van der Waals surface area contributed by atoms with Crippen LogP contribution in [0.2, 0.25) is 5.02 Å². The zero-order valence-corrected chi connectivity index (χ0v) is 14.9. The van der Waals surface area contributed by atoms with Crippen molar-refractivity contribution >= 4 is 50.8 Å². The van der Waals surface area contributed by atoms with E-state index in [1.807, 2.05) is 0 Å². The van der Waals surface area contributed by atoms with Crippen LogP contribution >= 0.6 is 39.7 Å². The first-order valence-electron chi connectivity index (χ1n) is 6.22. The highest BCUT2D eigenvalue weighted by molar-refractivity contribution is 9.10. The number of hydrogen-bond acceptors (Lipinski definition) is 3. The molecule has 0 spiro atoms. The van der Waals surface area contributed by atoms with Gasteiger partial charge in [-0.3, -0.25) is 15.2 Å². The van der Waals surface area contributed by atoms with Crippen molar-refractivity contribution in [2.45, 2.75) is 6.42 Å². The minimum absolute atomic E-state index is 0.329. The Balaban J connectivity index is 2.53. The van der Waals surface area contributed by atoms with Gasteiger partial charge in [-0.05, 0) is 36.8 Å². The minimum atomic E-state index is -0.329. The van der Waals surface area contributed by atoms with Crippen molar-refractivity contribution in [3.8, 4) is 0 Å². The highest BCUT2D eigenvalue weighted by atomic mass is 79.9. The first-order chi connectivity index (χ1) is 9.95. The maximum absolute atomic E-state index is 12.1. The molecule has 0 radical (unpaired) electrons. The van der Waals surface area contributed by atoms with E-state index in [1.54, 1.807) is 32.4 Å². The molecule has 0 saturated carbocycles. The number of methoxy groups -OCH3 is 1. The first kappa shape index (κ1) is 18.2. The predicted molar refractivity (Wildman–Crippen MR) is 91.5 cm³/mol. The number of nitrogens with zero attached hydrogens (tertiary/aromatic N) is 1. The summed E-state index contributed by atoms with van der Waals surface area (Å²) in [5.41, 5.74) is 3.03. The van der Waals surface area contributed by atoms with E-state index < -0.39 is 0 Å². The number of carbonyl (C=O) groups is 1. The number of carbonyl (C=O) groups excluding carboxylic acids is 1. The minimum Gasteiger partial charge on any atom is -0.385 e. The van der Waals surface area contributed by atoms with Crippen LogP contribution in [0.3, 0.4) is 0 Å². The number of amides is 1. The number of nitrogens with one attached hydrogen (secondary N) is 2. The van der Waals surface area contributed by atoms with Gasteiger partial charge in [0.05, 0.1) is 10.6 Å². The summed E-state index contributed by atoms with van der Waals surface area (Å²) >= 11 is 14.5. The first-order valence-corrected chi connectivity index (χ1v) is 7.80. The van der Waals surface area contributed by atoms with E-state index >= 15 is 0 Å². The molecular formula is C13H17BrClN3O2S. The number of ether oxygens (including phenoxy) is 1. The second-order valence-corrected chi connectivity index (χ2v) is 5.91. The molecule has 0 aliphatic carbocycles. The van der Waals surface area contributed by atoms with Gasteiger partial charge < -0.3 is 10.1 Å². The maximum atomic E-state index is 12.1. The molecule has 0 aliphatic rings. The molecule has 116 valence electrons. The number of hydrogen-bond donors (Lipinski definition) is 2. The second kappa shape index (κ2) is 9.19. The van der Waals surface area contributed by atoms with Gasteiger partial charge in [-0.2, -0.15) is 0 Å². The third-order valence-electron chi connectivity index (χ3n) is 2.55. The molecule has 1 aromatic rings. The van der Waals surface area contributed by atoms with Crippen LogP contribution in [-0.4, -0.2) is 43.3 Å². The normalized spacial score (nSPS) is 10.1. The van der Waals surface area contributed by atoms with E-state index in [9.17, 15) is 4.79 Å². The van der Waals surface area contributed by atoms with E-state index in [-0.39, 0.29) is 5.91 Å². The Morgan fingerprint density at radius 1 is 1.52 bits per heavy atom. The van der Waals surface area contributed by atoms with Crippen LogP contribution in [0.25, 0.3) is 0 Å². The molecule has 8 heteroatoms. The van der Waals surface area contributed by atoms with Gasteiger partial charge in [-0.1, -0.05) is 27.5 Å². The number of hydrazine groups is 1. The monoisotopic (exact) mass is 393 g/mol. The lowest BCUT2D eigenvalue weighted by atomic mass is 10.2. The van der Waals surface area contributed by atoms with Crippen LogP contribution in [0.15, 0.2) is 22.7 Å². The molecule has 0 saturated heterocycles. The summed E-state index contributed by atoms with van der Waals surface area (Å²) in [5, 5.41) is 5.27. The van der Waals surface area contributed by atoms with Gasteiger partial charge >= 0.3 is 0 Å². The lowest BCUT2D eigenvalue weighted by Gasteiger charge is -2.22. The fourth-order valence-electron chi connectivity index (χ4n) is 1.47. The summed E-state index contributed by atoms with van der Waals surface area (Å²) in [6.07, 6.45) is 0.829. The number of thiocarbonyl (C=S) groups is 1. The van der Waals surface area contributed by atoms with E-state index in [0.717, 1.165) is 10.9 Å². The van der Waals surface area contributed by atoms with Crippen molar-refractivity contribution in [1.29, 1.82) is 0 Å². The summed E-state index contributed by atoms with van der Waals surface area (Å²) in [4.78, 5) is 12.1. The van der Waals surface area contributed by atoms with Crippen LogP contribution in [0.5, 0.6) is 0 Å². The lowest BCUT2D eigenvalue weighted by Crippen LogP contribution is -2.48. The van der Waals surface area contributed by atoms with Crippen LogP contribution in [0.4, 0.5) is 0 Å². The van der Waals surface area contributed by atoms with Gasteiger partial charge in [0.1, 0.15) is 0 Å². The average Bonchev–Trinajstić information content (AvgIpc) is 2.45. The van der Waals surface area contributed by atoms with Crippen molar-refractivity contribution in [3.05, 3.63) is 33.3 Å². The molecule has 0 unspecified atom stereocenters. The van der Waals surface area contributed by atoms with Crippen molar-refractivity contribution in [1.82, 2.24) is 15.8 Å². The average molecular weight is 395 g/mol. The Labute approximate surface area is 143 Å². The molecule has 0 heterocycles. The molecule has 5 nitrogen and oxygen atoms in total. The molecular weight excluding hydrogens is 378 g/mol. The predicted octanol–water partition coefficient (Wildman–Crippen LogP) is 2.59. The third kappa shape index (κ3) is 6.17. The number of halogens is 2. The smallest absolute Gasteiger partial charge is 0.271 e. The molecule has 1 aromatic carbocycles. The zero-order valence-electron chi connectivity index (χ0n) is 11.8. The van der Waals surface area contributed by atoms with Gasteiger partial charge in [0.2, 0.25) is 0 Å². The Hall–Kier alpha value is -0.890. The van der Waals surface area contributed by atoms with E-state index in [4.69, 9.17) is 28.6 Å². The van der Waals surface area contributed by atoms with Crippen LogP contribution in [0.1, 0.15) is 16.8 Å². The van der Waals surface area contributed by atoms with Crippen molar-refractivity contribution in [2.24, 2.45) is 0 Å². The lowest BCUT2D eigenvalue weighted by molar-refractivity contribution is 0.0886. The van der Waals surface area contributed by atoms with Gasteiger partial charge in [-0.15, -0.1) is 0 Å². The summed E-state index contributed by atoms with van der Waals surface area (Å²) in [6.45, 7) is 1.32. The topological polar surface area (TPSA) is 53.6 Å². The Bertz CT molecular complexity index is 516. The fraction of sp³-hybridized carbons (Fsp3) is 0.385. The zero-order chi connectivity index (χ0) is 15.8. The molecule has 2 N–H and O–H groups in total.